The zero-order valence-electron chi connectivity index (χ0n) is 21.9. The molecule has 2 atom stereocenters. The van der Waals surface area contributed by atoms with Crippen molar-refractivity contribution in [2.24, 2.45) is 11.0 Å². The van der Waals surface area contributed by atoms with Gasteiger partial charge in [0, 0.05) is 10.9 Å². The van der Waals surface area contributed by atoms with Gasteiger partial charge in [-0.25, -0.2) is 17.5 Å². The molecule has 214 valence electrons. The molecule has 0 saturated carbocycles. The predicted octanol–water partition coefficient (Wildman–Crippen LogP) is 6.09. The van der Waals surface area contributed by atoms with Gasteiger partial charge in [-0.3, -0.25) is 5.01 Å². The Morgan fingerprint density at radius 1 is 1.02 bits per heavy atom. The Morgan fingerprint density at radius 3 is 2.38 bits per heavy atom. The van der Waals surface area contributed by atoms with E-state index in [-0.39, 0.29) is 28.9 Å². The Morgan fingerprint density at radius 2 is 1.73 bits per heavy atom. The number of rotatable bonds is 10. The number of anilines is 1. The minimum absolute atomic E-state index is 0.0977. The zero-order chi connectivity index (χ0) is 29.2. The molecule has 1 aliphatic heterocycles. The first-order valence-electron chi connectivity index (χ1n) is 12.4. The van der Waals surface area contributed by atoms with E-state index < -0.39 is 32.0 Å². The molecule has 1 heterocycles. The van der Waals surface area contributed by atoms with Crippen LogP contribution in [0.3, 0.4) is 0 Å². The lowest BCUT2D eigenvalue weighted by Crippen LogP contribution is -2.32. The van der Waals surface area contributed by atoms with Crippen molar-refractivity contribution in [3.63, 3.8) is 0 Å². The van der Waals surface area contributed by atoms with Gasteiger partial charge >= 0.3 is 10.1 Å². The second-order valence-corrected chi connectivity index (χ2v) is 13.7. The highest BCUT2D eigenvalue weighted by atomic mass is 35.5. The smallest absolute Gasteiger partial charge is 0.309 e. The van der Waals surface area contributed by atoms with Gasteiger partial charge in [-0.1, -0.05) is 55.2 Å². The zero-order valence-corrected chi connectivity index (χ0v) is 25.1. The van der Waals surface area contributed by atoms with Gasteiger partial charge in [0.15, 0.2) is 0 Å². The Labute approximate surface area is 243 Å². The molecule has 3 aromatic rings. The standard InChI is InChI=1S/C27H28Cl2FN3O5S2/c1-4-13-39(34,35)38-22-10-6-19(7-11-22)27-18(3)24(32-33(27)25-12-8-20(28)14-23(25)29)16-31-40(36,37)26-15-21(30)9-5-17(26)2/h5-12,14-15,18,27,31H,4,13,16H2,1-3H3/t18-,27+/m0/s1. The fourth-order valence-corrected chi connectivity index (χ4v) is 7.19. The van der Waals surface area contributed by atoms with Crippen molar-refractivity contribution in [1.29, 1.82) is 0 Å². The normalized spacial score (nSPS) is 17.6. The number of benzene rings is 3. The summed E-state index contributed by atoms with van der Waals surface area (Å²) in [5.74, 6) is -0.882. The van der Waals surface area contributed by atoms with Crippen LogP contribution < -0.4 is 13.9 Å². The first kappa shape index (κ1) is 30.3. The number of hydrogen-bond donors (Lipinski definition) is 1. The summed E-state index contributed by atoms with van der Waals surface area (Å²) in [5.41, 5.74) is 2.24. The lowest BCUT2D eigenvalue weighted by molar-refractivity contribution is 0.484. The molecule has 0 spiro atoms. The maximum atomic E-state index is 13.8. The van der Waals surface area contributed by atoms with E-state index in [2.05, 4.69) is 4.72 Å². The lowest BCUT2D eigenvalue weighted by atomic mass is 9.91. The van der Waals surface area contributed by atoms with Crippen molar-refractivity contribution in [3.8, 4) is 5.75 Å². The number of sulfonamides is 1. The molecular weight excluding hydrogens is 600 g/mol. The summed E-state index contributed by atoms with van der Waals surface area (Å²) in [5, 5.41) is 7.19. The van der Waals surface area contributed by atoms with Gasteiger partial charge in [-0.2, -0.15) is 13.5 Å². The van der Waals surface area contributed by atoms with E-state index in [1.54, 1.807) is 61.3 Å². The number of halogens is 3. The molecule has 0 radical (unpaired) electrons. The molecule has 0 aromatic heterocycles. The summed E-state index contributed by atoms with van der Waals surface area (Å²) in [6.07, 6.45) is 0.430. The number of hydrazone groups is 1. The van der Waals surface area contributed by atoms with Crippen LogP contribution in [0.25, 0.3) is 0 Å². The maximum Gasteiger partial charge on any atom is 0.309 e. The van der Waals surface area contributed by atoms with Crippen molar-refractivity contribution in [3.05, 3.63) is 87.7 Å². The topological polar surface area (TPSA) is 105 Å². The Balaban J connectivity index is 1.65. The van der Waals surface area contributed by atoms with Crippen molar-refractivity contribution >= 4 is 54.7 Å². The van der Waals surface area contributed by atoms with Crippen LogP contribution in [0.15, 0.2) is 70.7 Å². The minimum atomic E-state index is -4.04. The van der Waals surface area contributed by atoms with Gasteiger partial charge in [-0.05, 0) is 66.9 Å². The molecule has 0 saturated heterocycles. The Kier molecular flexibility index (Phi) is 9.11. The largest absolute Gasteiger partial charge is 0.382 e. The van der Waals surface area contributed by atoms with Crippen LogP contribution in [0.5, 0.6) is 5.75 Å². The molecule has 0 amide bonds. The number of aryl methyl sites for hydroxylation is 1. The lowest BCUT2D eigenvalue weighted by Gasteiger charge is -2.28. The number of nitrogens with zero attached hydrogens (tertiary/aromatic N) is 2. The fraction of sp³-hybridized carbons (Fsp3) is 0.296. The third kappa shape index (κ3) is 6.77. The summed E-state index contributed by atoms with van der Waals surface area (Å²) in [7, 11) is -7.74. The van der Waals surface area contributed by atoms with E-state index in [0.29, 0.717) is 33.4 Å². The third-order valence-electron chi connectivity index (χ3n) is 6.44. The van der Waals surface area contributed by atoms with Crippen LogP contribution in [0.4, 0.5) is 10.1 Å². The molecule has 8 nitrogen and oxygen atoms in total. The second-order valence-electron chi connectivity index (χ2n) is 9.41. The van der Waals surface area contributed by atoms with Crippen LogP contribution in [0.2, 0.25) is 10.0 Å². The summed E-state index contributed by atoms with van der Waals surface area (Å²) in [6, 6.07) is 14.7. The first-order chi connectivity index (χ1) is 18.8. The van der Waals surface area contributed by atoms with E-state index in [0.717, 1.165) is 11.6 Å². The summed E-state index contributed by atoms with van der Waals surface area (Å²) in [4.78, 5) is -0.151. The molecule has 1 N–H and O–H groups in total. The van der Waals surface area contributed by atoms with Crippen LogP contribution in [0, 0.1) is 18.7 Å². The monoisotopic (exact) mass is 627 g/mol. The van der Waals surface area contributed by atoms with Gasteiger partial charge in [0.2, 0.25) is 10.0 Å². The predicted molar refractivity (Wildman–Crippen MR) is 156 cm³/mol. The molecule has 0 unspecified atom stereocenters. The molecule has 1 aliphatic rings. The summed E-state index contributed by atoms with van der Waals surface area (Å²) < 4.78 is 71.7. The van der Waals surface area contributed by atoms with Gasteiger partial charge < -0.3 is 4.18 Å². The number of hydrogen-bond acceptors (Lipinski definition) is 7. The van der Waals surface area contributed by atoms with Gasteiger partial charge in [0.1, 0.15) is 11.6 Å². The minimum Gasteiger partial charge on any atom is -0.382 e. The van der Waals surface area contributed by atoms with E-state index >= 15 is 0 Å². The van der Waals surface area contributed by atoms with E-state index in [1.807, 2.05) is 6.92 Å². The molecule has 40 heavy (non-hydrogen) atoms. The summed E-state index contributed by atoms with van der Waals surface area (Å²) in [6.45, 7) is 5.10. The molecule has 4 rings (SSSR count). The number of nitrogens with one attached hydrogen (secondary N) is 1. The molecule has 0 bridgehead atoms. The molecular formula is C27H28Cl2FN3O5S2. The van der Waals surface area contributed by atoms with Crippen LogP contribution in [-0.2, 0) is 20.1 Å². The average molecular weight is 629 g/mol. The quantitative estimate of drug-likeness (QED) is 0.273. The average Bonchev–Trinajstić information content (AvgIpc) is 3.20. The highest BCUT2D eigenvalue weighted by molar-refractivity contribution is 7.89. The Bertz CT molecular complexity index is 1650. The van der Waals surface area contributed by atoms with Crippen molar-refractivity contribution in [1.82, 2.24) is 4.72 Å². The molecule has 3 aromatic carbocycles. The van der Waals surface area contributed by atoms with E-state index in [9.17, 15) is 21.2 Å². The third-order valence-corrected chi connectivity index (χ3v) is 9.87. The van der Waals surface area contributed by atoms with Crippen molar-refractivity contribution in [2.75, 3.05) is 17.3 Å². The highest BCUT2D eigenvalue weighted by Gasteiger charge is 2.37. The maximum absolute atomic E-state index is 13.8. The fourth-order valence-electron chi connectivity index (χ4n) is 4.45. The van der Waals surface area contributed by atoms with E-state index in [4.69, 9.17) is 32.5 Å². The van der Waals surface area contributed by atoms with Gasteiger partial charge in [0.25, 0.3) is 0 Å². The van der Waals surface area contributed by atoms with Crippen molar-refractivity contribution < 1.29 is 25.4 Å². The summed E-state index contributed by atoms with van der Waals surface area (Å²) >= 11 is 12.6. The second kappa shape index (κ2) is 12.0. The van der Waals surface area contributed by atoms with Crippen LogP contribution in [-0.4, -0.2) is 34.8 Å². The highest BCUT2D eigenvalue weighted by Crippen LogP contribution is 2.42. The first-order valence-corrected chi connectivity index (χ1v) is 16.2. The van der Waals surface area contributed by atoms with Crippen LogP contribution >= 0.6 is 23.2 Å². The van der Waals surface area contributed by atoms with Gasteiger partial charge in [0.05, 0.1) is 39.7 Å². The van der Waals surface area contributed by atoms with E-state index in [1.165, 1.54) is 12.1 Å². The van der Waals surface area contributed by atoms with Gasteiger partial charge in [-0.15, -0.1) is 0 Å². The molecule has 0 aliphatic carbocycles. The Hall–Kier alpha value is -2.70. The van der Waals surface area contributed by atoms with Crippen molar-refractivity contribution in [2.45, 2.75) is 38.1 Å². The molecule has 0 fully saturated rings. The molecule has 13 heteroatoms. The van der Waals surface area contributed by atoms with Crippen LogP contribution in [0.1, 0.15) is 37.4 Å². The SMILES string of the molecule is CCCS(=O)(=O)Oc1ccc([C@H]2[C@@H](C)C(CNS(=O)(=O)c3cc(F)ccc3C)=NN2c2ccc(Cl)cc2Cl)cc1.